The summed E-state index contributed by atoms with van der Waals surface area (Å²) in [5, 5.41) is 3.17. The highest BCUT2D eigenvalue weighted by molar-refractivity contribution is 7.99. The van der Waals surface area contributed by atoms with Gasteiger partial charge in [-0.05, 0) is 36.3 Å². The molecule has 1 aromatic carbocycles. The van der Waals surface area contributed by atoms with Crippen LogP contribution in [-0.2, 0) is 16.0 Å². The third-order valence-electron chi connectivity index (χ3n) is 5.23. The van der Waals surface area contributed by atoms with E-state index in [-0.39, 0.29) is 23.2 Å². The molecule has 4 nitrogen and oxygen atoms in total. The highest BCUT2D eigenvalue weighted by Crippen LogP contribution is 2.33. The topological polar surface area (TPSA) is 41.6 Å². The average molecular weight is 367 g/mol. The lowest BCUT2D eigenvalue weighted by Gasteiger charge is -2.43. The number of nitrogens with one attached hydrogen (secondary N) is 1. The normalized spacial score (nSPS) is 25.7. The fourth-order valence-electron chi connectivity index (χ4n) is 3.67. The van der Waals surface area contributed by atoms with Crippen molar-refractivity contribution in [2.75, 3.05) is 44.4 Å². The molecule has 2 heterocycles. The van der Waals surface area contributed by atoms with Gasteiger partial charge in [-0.25, -0.2) is 4.39 Å². The minimum absolute atomic E-state index is 0.0498. The number of hydrogen-bond donors (Lipinski definition) is 1. The third kappa shape index (κ3) is 4.74. The summed E-state index contributed by atoms with van der Waals surface area (Å²) < 4.78 is 18.8. The molecule has 2 aliphatic rings. The van der Waals surface area contributed by atoms with Crippen molar-refractivity contribution in [1.82, 2.24) is 10.2 Å². The van der Waals surface area contributed by atoms with Gasteiger partial charge < -0.3 is 10.1 Å². The number of thioether (sulfide) groups is 1. The minimum Gasteiger partial charge on any atom is -0.379 e. The second-order valence-electron chi connectivity index (χ2n) is 7.08. The number of carbonyl (C=O) groups excluding carboxylic acids is 1. The molecule has 0 aliphatic carbocycles. The molecule has 0 saturated carbocycles. The van der Waals surface area contributed by atoms with Crippen LogP contribution in [0.4, 0.5) is 4.39 Å². The molecule has 1 aromatic rings. The molecule has 0 spiro atoms. The molecular formula is C19H27FN2O2S. The van der Waals surface area contributed by atoms with E-state index in [4.69, 9.17) is 4.74 Å². The number of halogens is 1. The highest BCUT2D eigenvalue weighted by Gasteiger charge is 2.41. The van der Waals surface area contributed by atoms with Gasteiger partial charge in [-0.15, -0.1) is 0 Å². The van der Waals surface area contributed by atoms with Crippen LogP contribution in [0.2, 0.25) is 0 Å². The number of amides is 1. The third-order valence-corrected chi connectivity index (χ3v) is 6.47. The summed E-state index contributed by atoms with van der Waals surface area (Å²) in [7, 11) is 0. The molecule has 138 valence electrons. The predicted molar refractivity (Wildman–Crippen MR) is 99.3 cm³/mol. The maximum absolute atomic E-state index is 13.3. The van der Waals surface area contributed by atoms with E-state index in [1.165, 1.54) is 12.1 Å². The van der Waals surface area contributed by atoms with Crippen molar-refractivity contribution in [2.24, 2.45) is 5.92 Å². The van der Waals surface area contributed by atoms with Gasteiger partial charge in [0.25, 0.3) is 0 Å². The lowest BCUT2D eigenvalue weighted by atomic mass is 9.94. The molecule has 0 radical (unpaired) electrons. The zero-order valence-corrected chi connectivity index (χ0v) is 15.6. The van der Waals surface area contributed by atoms with Crippen LogP contribution in [0, 0.1) is 11.7 Å². The van der Waals surface area contributed by atoms with E-state index in [2.05, 4.69) is 10.2 Å². The van der Waals surface area contributed by atoms with Gasteiger partial charge in [0.05, 0.1) is 13.2 Å². The van der Waals surface area contributed by atoms with Crippen molar-refractivity contribution in [3.05, 3.63) is 35.6 Å². The number of carbonyl (C=O) groups is 1. The first-order valence-electron chi connectivity index (χ1n) is 9.02. The van der Waals surface area contributed by atoms with Crippen molar-refractivity contribution in [3.8, 4) is 0 Å². The first kappa shape index (κ1) is 18.7. The molecule has 0 bridgehead atoms. The van der Waals surface area contributed by atoms with Crippen molar-refractivity contribution < 1.29 is 13.9 Å². The van der Waals surface area contributed by atoms with E-state index >= 15 is 0 Å². The van der Waals surface area contributed by atoms with Crippen LogP contribution in [0.3, 0.4) is 0 Å². The van der Waals surface area contributed by atoms with Crippen LogP contribution >= 0.6 is 11.8 Å². The van der Waals surface area contributed by atoms with Gasteiger partial charge >= 0.3 is 0 Å². The largest absolute Gasteiger partial charge is 0.379 e. The highest BCUT2D eigenvalue weighted by atomic mass is 32.2. The number of benzene rings is 1. The lowest BCUT2D eigenvalue weighted by molar-refractivity contribution is -0.125. The maximum Gasteiger partial charge on any atom is 0.223 e. The van der Waals surface area contributed by atoms with Gasteiger partial charge in [-0.3, -0.25) is 9.69 Å². The van der Waals surface area contributed by atoms with E-state index in [0.717, 1.165) is 49.8 Å². The van der Waals surface area contributed by atoms with Gasteiger partial charge in [0.15, 0.2) is 0 Å². The number of ether oxygens (including phenoxy) is 1. The lowest BCUT2D eigenvalue weighted by Crippen LogP contribution is -2.59. The van der Waals surface area contributed by atoms with Crippen molar-refractivity contribution in [3.63, 3.8) is 0 Å². The van der Waals surface area contributed by atoms with Gasteiger partial charge in [-0.2, -0.15) is 11.8 Å². The van der Waals surface area contributed by atoms with E-state index in [0.29, 0.717) is 13.0 Å². The van der Waals surface area contributed by atoms with E-state index < -0.39 is 0 Å². The summed E-state index contributed by atoms with van der Waals surface area (Å²) in [5.74, 6) is 1.84. The Morgan fingerprint density at radius 3 is 2.92 bits per heavy atom. The second kappa shape index (κ2) is 8.52. The van der Waals surface area contributed by atoms with Crippen LogP contribution < -0.4 is 5.32 Å². The molecule has 25 heavy (non-hydrogen) atoms. The zero-order chi connectivity index (χ0) is 17.7. The summed E-state index contributed by atoms with van der Waals surface area (Å²) in [4.78, 5) is 15.1. The first-order valence-corrected chi connectivity index (χ1v) is 10.2. The Hall–Kier alpha value is -1.11. The van der Waals surface area contributed by atoms with Crippen molar-refractivity contribution >= 4 is 17.7 Å². The Morgan fingerprint density at radius 2 is 2.24 bits per heavy atom. The molecule has 0 aromatic heterocycles. The zero-order valence-electron chi connectivity index (χ0n) is 14.8. The second-order valence-corrected chi connectivity index (χ2v) is 8.18. The van der Waals surface area contributed by atoms with E-state index in [1.54, 1.807) is 6.07 Å². The summed E-state index contributed by atoms with van der Waals surface area (Å²) in [6, 6.07) is 6.50. The quantitative estimate of drug-likeness (QED) is 0.839. The molecule has 2 saturated heterocycles. The molecule has 1 N–H and O–H groups in total. The van der Waals surface area contributed by atoms with Gasteiger partial charge in [0.2, 0.25) is 5.91 Å². The Morgan fingerprint density at radius 1 is 1.44 bits per heavy atom. The predicted octanol–water partition coefficient (Wildman–Crippen LogP) is 2.33. The fraction of sp³-hybridized carbons (Fsp3) is 0.632. The molecular weight excluding hydrogens is 339 g/mol. The van der Waals surface area contributed by atoms with E-state index in [1.807, 2.05) is 24.8 Å². The monoisotopic (exact) mass is 366 g/mol. The Labute approximate surface area is 153 Å². The van der Waals surface area contributed by atoms with Crippen molar-refractivity contribution in [2.45, 2.75) is 25.3 Å². The smallest absolute Gasteiger partial charge is 0.223 e. The average Bonchev–Trinajstić information content (AvgIpc) is 3.10. The molecule has 2 fully saturated rings. The van der Waals surface area contributed by atoms with Crippen LogP contribution in [0.15, 0.2) is 24.3 Å². The van der Waals surface area contributed by atoms with Crippen LogP contribution in [0.25, 0.3) is 0 Å². The summed E-state index contributed by atoms with van der Waals surface area (Å²) in [5.41, 5.74) is 0.921. The fourth-order valence-corrected chi connectivity index (χ4v) is 5.15. The summed E-state index contributed by atoms with van der Waals surface area (Å²) >= 11 is 1.96. The number of morpholine rings is 1. The van der Waals surface area contributed by atoms with Crippen LogP contribution in [0.1, 0.15) is 18.9 Å². The minimum atomic E-state index is -0.251. The Bertz CT molecular complexity index is 587. The molecule has 6 heteroatoms. The summed E-state index contributed by atoms with van der Waals surface area (Å²) in [6.45, 7) is 6.02. The van der Waals surface area contributed by atoms with Crippen LogP contribution in [-0.4, -0.2) is 60.7 Å². The van der Waals surface area contributed by atoms with Crippen molar-refractivity contribution in [1.29, 1.82) is 0 Å². The van der Waals surface area contributed by atoms with Gasteiger partial charge in [0.1, 0.15) is 5.82 Å². The number of nitrogens with zero attached hydrogens (tertiary/aromatic N) is 1. The molecule has 2 atom stereocenters. The molecule has 2 unspecified atom stereocenters. The molecule has 3 rings (SSSR count). The maximum atomic E-state index is 13.3. The van der Waals surface area contributed by atoms with E-state index in [9.17, 15) is 9.18 Å². The molecule has 1 amide bonds. The molecule has 2 aliphatic heterocycles. The Balaban J connectivity index is 1.56. The van der Waals surface area contributed by atoms with Gasteiger partial charge in [0, 0.05) is 36.8 Å². The standard InChI is InChI=1S/C19H27FN2O2S/c1-15(11-16-3-2-4-17(20)12-16)18(23)21-13-19(5-10-25-14-19)22-6-8-24-9-7-22/h2-4,12,15H,5-11,13-14H2,1H3,(H,21,23). The number of rotatable bonds is 6. The first-order chi connectivity index (χ1) is 12.1. The Kier molecular flexibility index (Phi) is 6.36. The van der Waals surface area contributed by atoms with Crippen LogP contribution in [0.5, 0.6) is 0 Å². The SMILES string of the molecule is CC(Cc1cccc(F)c1)C(=O)NCC1(N2CCOCC2)CCSC1. The van der Waals surface area contributed by atoms with Gasteiger partial charge in [-0.1, -0.05) is 19.1 Å². The number of hydrogen-bond acceptors (Lipinski definition) is 4. The summed E-state index contributed by atoms with van der Waals surface area (Å²) in [6.07, 6.45) is 1.67.